The molecule has 0 heterocycles. The van der Waals surface area contributed by atoms with E-state index in [4.69, 9.17) is 12.2 Å². The van der Waals surface area contributed by atoms with Crippen molar-refractivity contribution in [1.82, 2.24) is 16.2 Å². The Labute approximate surface area is 178 Å². The van der Waals surface area contributed by atoms with E-state index in [0.29, 0.717) is 6.42 Å². The fourth-order valence-corrected chi connectivity index (χ4v) is 3.34. The number of nitro benzene ring substituents is 1. The lowest BCUT2D eigenvalue weighted by Crippen LogP contribution is -2.47. The molecule has 30 heavy (non-hydrogen) atoms. The van der Waals surface area contributed by atoms with Gasteiger partial charge in [0.05, 0.1) is 11.0 Å². The predicted octanol–water partition coefficient (Wildman–Crippen LogP) is 3.71. The first-order valence-corrected chi connectivity index (χ1v) is 9.63. The van der Waals surface area contributed by atoms with E-state index in [1.165, 1.54) is 24.3 Å². The maximum Gasteiger partial charge on any atom is 0.269 e. The molecule has 8 nitrogen and oxygen atoms in total. The largest absolute Gasteiger partial charge is 0.508 e. The summed E-state index contributed by atoms with van der Waals surface area (Å²) in [4.78, 5) is 22.4. The van der Waals surface area contributed by atoms with Crippen LogP contribution in [0.1, 0.15) is 35.3 Å². The highest BCUT2D eigenvalue weighted by Crippen LogP contribution is 2.33. The van der Waals surface area contributed by atoms with Crippen molar-refractivity contribution in [2.75, 3.05) is 0 Å². The summed E-state index contributed by atoms with van der Waals surface area (Å²) in [5.41, 5.74) is 5.95. The average Bonchev–Trinajstić information content (AvgIpc) is 2.76. The fraction of sp³-hybridized carbons (Fsp3) is 0.143. The molecule has 0 saturated heterocycles. The molecule has 0 radical (unpaired) electrons. The van der Waals surface area contributed by atoms with Gasteiger partial charge in [-0.2, -0.15) is 0 Å². The molecule has 3 aromatic rings. The highest BCUT2D eigenvalue weighted by Gasteiger charge is 2.18. The molecule has 0 aliphatic carbocycles. The van der Waals surface area contributed by atoms with Gasteiger partial charge >= 0.3 is 0 Å². The number of carbonyl (C=O) groups is 1. The number of nitrogens with one attached hydrogen (secondary N) is 3. The Morgan fingerprint density at radius 3 is 2.47 bits per heavy atom. The van der Waals surface area contributed by atoms with Crippen molar-refractivity contribution in [1.29, 1.82) is 0 Å². The number of hydrogen-bond acceptors (Lipinski definition) is 5. The number of nitrogens with zero attached hydrogens (tertiary/aromatic N) is 1. The normalized spacial score (nSPS) is 11.5. The van der Waals surface area contributed by atoms with Crippen LogP contribution in [0, 0.1) is 10.1 Å². The van der Waals surface area contributed by atoms with Gasteiger partial charge in [-0.1, -0.05) is 37.3 Å². The minimum absolute atomic E-state index is 0.0996. The van der Waals surface area contributed by atoms with E-state index >= 15 is 0 Å². The minimum atomic E-state index is -0.535. The summed E-state index contributed by atoms with van der Waals surface area (Å²) in [7, 11) is 0. The van der Waals surface area contributed by atoms with E-state index < -0.39 is 10.8 Å². The lowest BCUT2D eigenvalue weighted by atomic mass is 9.96. The number of hydrogen-bond donors (Lipinski definition) is 4. The lowest BCUT2D eigenvalue weighted by Gasteiger charge is -2.22. The molecule has 3 rings (SSSR count). The van der Waals surface area contributed by atoms with Gasteiger partial charge in [-0.25, -0.2) is 0 Å². The van der Waals surface area contributed by atoms with Crippen LogP contribution in [0.25, 0.3) is 10.8 Å². The summed E-state index contributed by atoms with van der Waals surface area (Å²) < 4.78 is 0. The Hall–Kier alpha value is -3.72. The molecule has 0 aromatic heterocycles. The van der Waals surface area contributed by atoms with Gasteiger partial charge in [0.15, 0.2) is 5.11 Å². The number of phenols is 1. The number of non-ortho nitro benzene ring substituents is 1. The van der Waals surface area contributed by atoms with Crippen molar-refractivity contribution in [3.63, 3.8) is 0 Å². The van der Waals surface area contributed by atoms with Gasteiger partial charge in [0.1, 0.15) is 5.75 Å². The number of carbonyl (C=O) groups excluding carboxylic acids is 1. The quantitative estimate of drug-likeness (QED) is 0.280. The molecule has 3 aromatic carbocycles. The van der Waals surface area contributed by atoms with E-state index in [2.05, 4.69) is 16.2 Å². The second-order valence-electron chi connectivity index (χ2n) is 6.54. The molecule has 0 spiro atoms. The molecule has 1 amide bonds. The van der Waals surface area contributed by atoms with Crippen LogP contribution in [0.3, 0.4) is 0 Å². The van der Waals surface area contributed by atoms with E-state index in [9.17, 15) is 20.0 Å². The number of nitro groups is 1. The molecule has 4 N–H and O–H groups in total. The lowest BCUT2D eigenvalue weighted by molar-refractivity contribution is -0.384. The van der Waals surface area contributed by atoms with Crippen LogP contribution >= 0.6 is 12.2 Å². The molecule has 0 saturated carbocycles. The van der Waals surface area contributed by atoms with Crippen molar-refractivity contribution in [2.45, 2.75) is 19.4 Å². The van der Waals surface area contributed by atoms with E-state index in [0.717, 1.165) is 16.3 Å². The van der Waals surface area contributed by atoms with Crippen molar-refractivity contribution in [3.05, 3.63) is 81.9 Å². The summed E-state index contributed by atoms with van der Waals surface area (Å²) in [6.07, 6.45) is 0.639. The minimum Gasteiger partial charge on any atom is -0.508 e. The average molecular weight is 424 g/mol. The first kappa shape index (κ1) is 21.0. The van der Waals surface area contributed by atoms with Crippen LogP contribution in [-0.2, 0) is 0 Å². The Kier molecular flexibility index (Phi) is 6.43. The van der Waals surface area contributed by atoms with E-state index in [-0.39, 0.29) is 28.2 Å². The van der Waals surface area contributed by atoms with Gasteiger partial charge < -0.3 is 10.4 Å². The summed E-state index contributed by atoms with van der Waals surface area (Å²) in [5, 5.41) is 26.3. The van der Waals surface area contributed by atoms with Crippen molar-refractivity contribution < 1.29 is 14.8 Å². The molecule has 154 valence electrons. The number of hydrazine groups is 1. The molecule has 1 atom stereocenters. The maximum absolute atomic E-state index is 12.2. The third-order valence-electron chi connectivity index (χ3n) is 4.64. The van der Waals surface area contributed by atoms with E-state index in [1.807, 2.05) is 37.3 Å². The molecular formula is C21H20N4O4S. The van der Waals surface area contributed by atoms with Gasteiger partial charge in [-0.15, -0.1) is 0 Å². The monoisotopic (exact) mass is 424 g/mol. The number of amides is 1. The van der Waals surface area contributed by atoms with Gasteiger partial charge in [-0.3, -0.25) is 25.8 Å². The first-order valence-electron chi connectivity index (χ1n) is 9.22. The van der Waals surface area contributed by atoms with Gasteiger partial charge in [0.25, 0.3) is 11.6 Å². The molecular weight excluding hydrogens is 404 g/mol. The number of rotatable bonds is 5. The van der Waals surface area contributed by atoms with Gasteiger partial charge in [0.2, 0.25) is 0 Å². The summed E-state index contributed by atoms with van der Waals surface area (Å²) in [6, 6.07) is 16.2. The summed E-state index contributed by atoms with van der Waals surface area (Å²) in [5.74, 6) is -0.333. The molecule has 0 aliphatic heterocycles. The first-order chi connectivity index (χ1) is 14.4. The highest BCUT2D eigenvalue weighted by molar-refractivity contribution is 7.80. The molecule has 1 unspecified atom stereocenters. The predicted molar refractivity (Wildman–Crippen MR) is 118 cm³/mol. The van der Waals surface area contributed by atoms with Crippen LogP contribution in [-0.4, -0.2) is 21.0 Å². The van der Waals surface area contributed by atoms with Crippen LogP contribution in [0.2, 0.25) is 0 Å². The second kappa shape index (κ2) is 9.19. The van der Waals surface area contributed by atoms with Gasteiger partial charge in [0, 0.05) is 23.3 Å². The number of benzene rings is 3. The Balaban J connectivity index is 1.67. The molecule has 9 heteroatoms. The van der Waals surface area contributed by atoms with Gasteiger partial charge in [-0.05, 0) is 47.6 Å². The smallest absolute Gasteiger partial charge is 0.269 e. The summed E-state index contributed by atoms with van der Waals surface area (Å²) >= 11 is 5.28. The SMILES string of the molecule is CCC(NC(=S)NNC(=O)c1ccc([N+](=O)[O-])cc1)c1c(O)ccc2ccccc12. The zero-order valence-electron chi connectivity index (χ0n) is 16.1. The molecule has 0 bridgehead atoms. The fourth-order valence-electron chi connectivity index (χ4n) is 3.14. The maximum atomic E-state index is 12.2. The number of thiocarbonyl (C=S) groups is 1. The Morgan fingerprint density at radius 1 is 1.10 bits per heavy atom. The number of aromatic hydroxyl groups is 1. The van der Waals surface area contributed by atoms with Crippen molar-refractivity contribution in [3.8, 4) is 5.75 Å². The van der Waals surface area contributed by atoms with Crippen LogP contribution in [0.5, 0.6) is 5.75 Å². The molecule has 0 aliphatic rings. The van der Waals surface area contributed by atoms with Crippen molar-refractivity contribution >= 4 is 39.7 Å². The zero-order valence-corrected chi connectivity index (χ0v) is 16.9. The standard InChI is InChI=1S/C21H20N4O4S/c1-2-17(19-16-6-4-3-5-13(16)9-12-18(19)26)22-21(30)24-23-20(27)14-7-10-15(11-8-14)25(28)29/h3-12,17,26H,2H2,1H3,(H,23,27)(H2,22,24,30). The highest BCUT2D eigenvalue weighted by atomic mass is 32.1. The number of phenolic OH excluding ortho intramolecular Hbond substituents is 1. The van der Waals surface area contributed by atoms with E-state index in [1.54, 1.807) is 6.07 Å². The van der Waals surface area contributed by atoms with Crippen LogP contribution in [0.4, 0.5) is 5.69 Å². The summed E-state index contributed by atoms with van der Waals surface area (Å²) in [6.45, 7) is 1.96. The third-order valence-corrected chi connectivity index (χ3v) is 4.86. The Morgan fingerprint density at radius 2 is 1.80 bits per heavy atom. The van der Waals surface area contributed by atoms with Crippen LogP contribution < -0.4 is 16.2 Å². The third kappa shape index (κ3) is 4.64. The second-order valence-corrected chi connectivity index (χ2v) is 6.95. The Bertz CT molecular complexity index is 1100. The van der Waals surface area contributed by atoms with Crippen LogP contribution in [0.15, 0.2) is 60.7 Å². The topological polar surface area (TPSA) is 117 Å². The number of fused-ring (bicyclic) bond motifs is 1. The zero-order chi connectivity index (χ0) is 21.7. The molecule has 0 fully saturated rings. The van der Waals surface area contributed by atoms with Crippen molar-refractivity contribution in [2.24, 2.45) is 0 Å².